The van der Waals surface area contributed by atoms with Crippen LogP contribution in [0.5, 0.6) is 5.88 Å². The fourth-order valence-electron chi connectivity index (χ4n) is 3.40. The zero-order valence-corrected chi connectivity index (χ0v) is 19.4. The lowest BCUT2D eigenvalue weighted by Crippen LogP contribution is -2.17. The van der Waals surface area contributed by atoms with Crippen molar-refractivity contribution in [2.24, 2.45) is 0 Å². The summed E-state index contributed by atoms with van der Waals surface area (Å²) < 4.78 is 15.4. The van der Waals surface area contributed by atoms with E-state index in [4.69, 9.17) is 26.0 Å². The molecule has 0 aliphatic rings. The van der Waals surface area contributed by atoms with Gasteiger partial charge in [0.25, 0.3) is 0 Å². The van der Waals surface area contributed by atoms with Gasteiger partial charge in [0, 0.05) is 27.8 Å². The molecule has 2 aromatic carbocycles. The van der Waals surface area contributed by atoms with Gasteiger partial charge in [-0.1, -0.05) is 65.3 Å². The highest BCUT2D eigenvalue weighted by atomic mass is 35.5. The van der Waals surface area contributed by atoms with Crippen molar-refractivity contribution in [2.45, 2.75) is 20.0 Å². The van der Waals surface area contributed by atoms with Gasteiger partial charge in [-0.3, -0.25) is 5.32 Å². The summed E-state index contributed by atoms with van der Waals surface area (Å²) in [5.41, 5.74) is 3.43. The highest BCUT2D eigenvalue weighted by molar-refractivity contribution is 6.31. The zero-order chi connectivity index (χ0) is 24.9. The Morgan fingerprint density at radius 1 is 1.03 bits per heavy atom. The van der Waals surface area contributed by atoms with Gasteiger partial charge in [0.2, 0.25) is 5.88 Å². The molecule has 0 aliphatic heterocycles. The average Bonchev–Trinajstić information content (AvgIpc) is 3.19. The van der Waals surface area contributed by atoms with Crippen LogP contribution >= 0.6 is 11.6 Å². The van der Waals surface area contributed by atoms with Gasteiger partial charge in [0.15, 0.2) is 5.76 Å². The Morgan fingerprint density at radius 3 is 2.46 bits per heavy atom. The predicted molar refractivity (Wildman–Crippen MR) is 129 cm³/mol. The third-order valence-electron chi connectivity index (χ3n) is 5.09. The first kappa shape index (κ1) is 23.8. The van der Waals surface area contributed by atoms with E-state index < -0.39 is 18.4 Å². The van der Waals surface area contributed by atoms with Crippen molar-refractivity contribution < 1.29 is 28.7 Å². The molecule has 0 aliphatic carbocycles. The molecule has 35 heavy (non-hydrogen) atoms. The van der Waals surface area contributed by atoms with Crippen molar-refractivity contribution in [2.75, 3.05) is 5.32 Å². The maximum absolute atomic E-state index is 12.6. The van der Waals surface area contributed by atoms with Crippen LogP contribution in [0.3, 0.4) is 0 Å². The summed E-state index contributed by atoms with van der Waals surface area (Å²) in [5.74, 6) is 0.383. The monoisotopic (exact) mass is 493 g/mol. The lowest BCUT2D eigenvalue weighted by molar-refractivity contribution is 0.121. The molecular weight excluding hydrogens is 474 g/mol. The van der Waals surface area contributed by atoms with Gasteiger partial charge in [-0.2, -0.15) is 0 Å². The quantitative estimate of drug-likeness (QED) is 0.283. The van der Waals surface area contributed by atoms with E-state index in [2.05, 4.69) is 20.2 Å². The number of nitrogens with zero attached hydrogens (tertiary/aromatic N) is 2. The third kappa shape index (κ3) is 5.59. The molecule has 4 rings (SSSR count). The molecule has 0 saturated heterocycles. The van der Waals surface area contributed by atoms with Crippen LogP contribution in [-0.2, 0) is 4.74 Å². The summed E-state index contributed by atoms with van der Waals surface area (Å²) in [7, 11) is 0. The number of aromatic nitrogens is 2. The SMILES string of the molecule is Cc1onc(-c2ccc(-c3cccc(OC(=O)O)n3)cc2)c1NC(=O)OC(C)c1ccccc1Cl. The minimum atomic E-state index is -1.44. The van der Waals surface area contributed by atoms with Gasteiger partial charge in [0.05, 0.1) is 5.69 Å². The summed E-state index contributed by atoms with van der Waals surface area (Å²) in [6.45, 7) is 3.40. The lowest BCUT2D eigenvalue weighted by Gasteiger charge is -2.15. The van der Waals surface area contributed by atoms with Crippen molar-refractivity contribution in [3.05, 3.63) is 83.1 Å². The molecule has 4 aromatic rings. The van der Waals surface area contributed by atoms with E-state index in [-0.39, 0.29) is 5.88 Å². The zero-order valence-electron chi connectivity index (χ0n) is 18.7. The number of benzene rings is 2. The molecule has 1 amide bonds. The number of rotatable bonds is 6. The second-order valence-corrected chi connectivity index (χ2v) is 7.87. The number of halogens is 1. The second kappa shape index (κ2) is 10.3. The first-order valence-corrected chi connectivity index (χ1v) is 10.9. The second-order valence-electron chi connectivity index (χ2n) is 7.46. The number of anilines is 1. The van der Waals surface area contributed by atoms with E-state index in [1.807, 2.05) is 6.07 Å². The van der Waals surface area contributed by atoms with Crippen molar-refractivity contribution in [3.63, 3.8) is 0 Å². The van der Waals surface area contributed by atoms with E-state index in [0.29, 0.717) is 39.0 Å². The number of aryl methyl sites for hydroxylation is 1. The Bertz CT molecular complexity index is 1370. The van der Waals surface area contributed by atoms with Crippen LogP contribution in [0.2, 0.25) is 5.02 Å². The van der Waals surface area contributed by atoms with Crippen molar-refractivity contribution in [1.29, 1.82) is 0 Å². The van der Waals surface area contributed by atoms with Gasteiger partial charge in [-0.25, -0.2) is 14.6 Å². The highest BCUT2D eigenvalue weighted by Crippen LogP contribution is 2.32. The summed E-state index contributed by atoms with van der Waals surface area (Å²) in [4.78, 5) is 27.5. The number of hydrogen-bond donors (Lipinski definition) is 2. The summed E-state index contributed by atoms with van der Waals surface area (Å²) in [5, 5.41) is 16.1. The fraction of sp³-hybridized carbons (Fsp3) is 0.120. The molecule has 10 heteroatoms. The number of pyridine rings is 1. The first-order chi connectivity index (χ1) is 16.8. The minimum Gasteiger partial charge on any atom is -0.449 e. The number of amides is 1. The molecule has 0 radical (unpaired) electrons. The Hall–Kier alpha value is -4.37. The van der Waals surface area contributed by atoms with Crippen molar-refractivity contribution in [3.8, 4) is 28.4 Å². The predicted octanol–water partition coefficient (Wildman–Crippen LogP) is 6.73. The fourth-order valence-corrected chi connectivity index (χ4v) is 3.69. The minimum absolute atomic E-state index is 0.0257. The lowest BCUT2D eigenvalue weighted by atomic mass is 10.1. The van der Waals surface area contributed by atoms with Gasteiger partial charge in [-0.15, -0.1) is 0 Å². The number of carbonyl (C=O) groups excluding carboxylic acids is 1. The smallest absolute Gasteiger partial charge is 0.449 e. The maximum atomic E-state index is 12.6. The van der Waals surface area contributed by atoms with E-state index in [0.717, 1.165) is 5.56 Å². The molecule has 0 bridgehead atoms. The largest absolute Gasteiger partial charge is 0.512 e. The van der Waals surface area contributed by atoms with Gasteiger partial charge < -0.3 is 19.1 Å². The highest BCUT2D eigenvalue weighted by Gasteiger charge is 2.20. The van der Waals surface area contributed by atoms with E-state index in [1.165, 1.54) is 6.07 Å². The van der Waals surface area contributed by atoms with Crippen LogP contribution in [0.15, 0.2) is 71.3 Å². The molecular formula is C25H20ClN3O6. The van der Waals surface area contributed by atoms with Crippen LogP contribution in [0.1, 0.15) is 24.4 Å². The first-order valence-electron chi connectivity index (χ1n) is 10.5. The van der Waals surface area contributed by atoms with E-state index in [1.54, 1.807) is 68.4 Å². The van der Waals surface area contributed by atoms with Crippen molar-refractivity contribution >= 4 is 29.5 Å². The standard InChI is InChI=1S/C25H20ClN3O6/c1-14(18-6-3-4-7-19(18)26)33-24(30)28-22-15(2)35-29-23(22)17-12-10-16(11-13-17)20-8-5-9-21(27-20)34-25(31)32/h3-14H,1-2H3,(H,28,30)(H,31,32). The Labute approximate surface area is 205 Å². The number of ether oxygens (including phenoxy) is 2. The topological polar surface area (TPSA) is 124 Å². The number of hydrogen-bond acceptors (Lipinski definition) is 7. The van der Waals surface area contributed by atoms with E-state index in [9.17, 15) is 9.59 Å². The van der Waals surface area contributed by atoms with Gasteiger partial charge >= 0.3 is 12.2 Å². The summed E-state index contributed by atoms with van der Waals surface area (Å²) >= 11 is 6.19. The average molecular weight is 494 g/mol. The normalized spacial score (nSPS) is 11.5. The molecule has 9 nitrogen and oxygen atoms in total. The molecule has 178 valence electrons. The third-order valence-corrected chi connectivity index (χ3v) is 5.43. The van der Waals surface area contributed by atoms with Crippen LogP contribution in [0, 0.1) is 6.92 Å². The molecule has 0 fully saturated rings. The van der Waals surface area contributed by atoms with Gasteiger partial charge in [0.1, 0.15) is 17.5 Å². The van der Waals surface area contributed by atoms with Gasteiger partial charge in [-0.05, 0) is 26.0 Å². The van der Waals surface area contributed by atoms with Crippen LogP contribution < -0.4 is 10.1 Å². The Morgan fingerprint density at radius 2 is 1.74 bits per heavy atom. The summed E-state index contributed by atoms with van der Waals surface area (Å²) in [6, 6.07) is 19.1. The number of carboxylic acid groups (broad SMARTS) is 1. The molecule has 1 atom stereocenters. The summed E-state index contributed by atoms with van der Waals surface area (Å²) in [6.07, 6.45) is -2.69. The van der Waals surface area contributed by atoms with Crippen LogP contribution in [0.25, 0.3) is 22.5 Å². The molecule has 1 unspecified atom stereocenters. The van der Waals surface area contributed by atoms with Crippen LogP contribution in [0.4, 0.5) is 15.3 Å². The number of nitrogens with one attached hydrogen (secondary N) is 1. The Kier molecular flexibility index (Phi) is 6.98. The molecule has 2 aromatic heterocycles. The van der Waals surface area contributed by atoms with Crippen LogP contribution in [-0.4, -0.2) is 27.5 Å². The number of carbonyl (C=O) groups is 2. The molecule has 0 spiro atoms. The maximum Gasteiger partial charge on any atom is 0.512 e. The molecule has 2 N–H and O–H groups in total. The molecule has 0 saturated carbocycles. The molecule has 2 heterocycles. The Balaban J connectivity index is 1.51. The van der Waals surface area contributed by atoms with Crippen molar-refractivity contribution in [1.82, 2.24) is 10.1 Å². The van der Waals surface area contributed by atoms with E-state index >= 15 is 0 Å².